The van der Waals surface area contributed by atoms with E-state index in [2.05, 4.69) is 0 Å². The number of carbonyl (C=O) groups excluding carboxylic acids is 1. The van der Waals surface area contributed by atoms with E-state index in [1.807, 2.05) is 0 Å². The highest BCUT2D eigenvalue weighted by Crippen LogP contribution is 2.47. The molecule has 0 bridgehead atoms. The van der Waals surface area contributed by atoms with Crippen LogP contribution in [0.4, 0.5) is 18.9 Å². The quantitative estimate of drug-likeness (QED) is 0.462. The van der Waals surface area contributed by atoms with Crippen LogP contribution in [0.1, 0.15) is 28.4 Å². The Bertz CT molecular complexity index is 1290. The van der Waals surface area contributed by atoms with Crippen LogP contribution in [0.3, 0.4) is 0 Å². The monoisotopic (exact) mass is 493 g/mol. The number of nitrogens with zero attached hydrogens (tertiary/aromatic N) is 1. The Morgan fingerprint density at radius 3 is 2.38 bits per heavy atom. The van der Waals surface area contributed by atoms with Gasteiger partial charge in [0, 0.05) is 16.3 Å². The molecule has 0 radical (unpaired) electrons. The number of ether oxygens (including phenoxy) is 2. The van der Waals surface area contributed by atoms with Gasteiger partial charge in [0.1, 0.15) is 11.5 Å². The van der Waals surface area contributed by atoms with E-state index in [9.17, 15) is 22.8 Å². The maximum atomic E-state index is 13.5. The third kappa shape index (κ3) is 4.48. The molecule has 1 N–H and O–H groups in total. The molecule has 10 heteroatoms. The highest BCUT2D eigenvalue weighted by molar-refractivity contribution is 6.34. The minimum Gasteiger partial charge on any atom is -0.492 e. The number of carbonyl (C=O) groups is 2. The standard InChI is InChI=1S/C24H19ClF3NO5/c1-2-33-22-15-6-4-3-5-14(15)21(34-12-24(26,27)28)16-11-29(23(32)20(16)22)18-8-7-13(9-17(18)25)10-19(30)31/h3-9H,2,10-12H2,1H3,(H,30,31). The molecule has 0 saturated carbocycles. The Balaban J connectivity index is 1.86. The van der Waals surface area contributed by atoms with Gasteiger partial charge in [-0.2, -0.15) is 13.2 Å². The Morgan fingerprint density at radius 1 is 1.12 bits per heavy atom. The van der Waals surface area contributed by atoms with E-state index in [-0.39, 0.29) is 47.2 Å². The van der Waals surface area contributed by atoms with Gasteiger partial charge in [-0.1, -0.05) is 41.9 Å². The number of aliphatic carboxylic acids is 1. The van der Waals surface area contributed by atoms with Gasteiger partial charge < -0.3 is 19.5 Å². The normalized spacial score (nSPS) is 13.3. The largest absolute Gasteiger partial charge is 0.492 e. The highest BCUT2D eigenvalue weighted by Gasteiger charge is 2.38. The van der Waals surface area contributed by atoms with Gasteiger partial charge in [0.05, 0.1) is 35.8 Å². The number of benzene rings is 3. The number of fused-ring (bicyclic) bond motifs is 2. The minimum atomic E-state index is -4.57. The highest BCUT2D eigenvalue weighted by atomic mass is 35.5. The van der Waals surface area contributed by atoms with E-state index in [0.717, 1.165) is 0 Å². The second kappa shape index (κ2) is 9.06. The molecule has 1 amide bonds. The summed E-state index contributed by atoms with van der Waals surface area (Å²) in [6.45, 7) is 0.363. The lowest BCUT2D eigenvalue weighted by atomic mass is 9.99. The molecule has 0 saturated heterocycles. The van der Waals surface area contributed by atoms with Crippen molar-refractivity contribution in [3.63, 3.8) is 0 Å². The van der Waals surface area contributed by atoms with Crippen molar-refractivity contribution in [1.82, 2.24) is 0 Å². The van der Waals surface area contributed by atoms with Gasteiger partial charge in [0.15, 0.2) is 6.61 Å². The summed E-state index contributed by atoms with van der Waals surface area (Å²) in [6, 6.07) is 11.1. The molecular weight excluding hydrogens is 475 g/mol. The average Bonchev–Trinajstić information content (AvgIpc) is 3.09. The molecule has 1 aliphatic heterocycles. The molecule has 0 unspecified atom stereocenters. The molecule has 34 heavy (non-hydrogen) atoms. The number of hydrogen-bond donors (Lipinski definition) is 1. The molecular formula is C24H19ClF3NO5. The number of rotatable bonds is 7. The molecule has 1 heterocycles. The van der Waals surface area contributed by atoms with Gasteiger partial charge in [0.25, 0.3) is 5.91 Å². The topological polar surface area (TPSA) is 76.1 Å². The second-order valence-corrected chi connectivity index (χ2v) is 8.05. The van der Waals surface area contributed by atoms with Gasteiger partial charge in [-0.25, -0.2) is 0 Å². The third-order valence-electron chi connectivity index (χ3n) is 5.32. The number of amides is 1. The summed E-state index contributed by atoms with van der Waals surface area (Å²) in [4.78, 5) is 25.8. The van der Waals surface area contributed by atoms with Gasteiger partial charge >= 0.3 is 12.1 Å². The van der Waals surface area contributed by atoms with Crippen LogP contribution in [0, 0.1) is 0 Å². The van der Waals surface area contributed by atoms with Crippen molar-refractivity contribution in [3.05, 3.63) is 64.2 Å². The van der Waals surface area contributed by atoms with Crippen LogP contribution in [0.2, 0.25) is 5.02 Å². The number of hydrogen-bond acceptors (Lipinski definition) is 4. The molecule has 0 aliphatic carbocycles. The van der Waals surface area contributed by atoms with Crippen LogP contribution in [0.15, 0.2) is 42.5 Å². The van der Waals surface area contributed by atoms with Crippen LogP contribution in [-0.2, 0) is 17.8 Å². The SMILES string of the molecule is CCOc1c2c(c(OCC(F)(F)F)c3ccccc13)CN(c1ccc(CC(=O)O)cc1Cl)C2=O. The van der Waals surface area contributed by atoms with Crippen molar-refractivity contribution in [2.45, 2.75) is 26.1 Å². The Morgan fingerprint density at radius 2 is 1.79 bits per heavy atom. The van der Waals surface area contributed by atoms with Crippen LogP contribution in [-0.4, -0.2) is 36.4 Å². The predicted octanol–water partition coefficient (Wildman–Crippen LogP) is 5.62. The van der Waals surface area contributed by atoms with Crippen molar-refractivity contribution in [2.24, 2.45) is 0 Å². The molecule has 0 spiro atoms. The summed E-state index contributed by atoms with van der Waals surface area (Å²) in [6.07, 6.45) is -4.82. The van der Waals surface area contributed by atoms with Crippen LogP contribution >= 0.6 is 11.6 Å². The van der Waals surface area contributed by atoms with Gasteiger partial charge in [-0.3, -0.25) is 9.59 Å². The number of alkyl halides is 3. The van der Waals surface area contributed by atoms with Crippen molar-refractivity contribution >= 4 is 39.9 Å². The Hall–Kier alpha value is -3.46. The van der Waals surface area contributed by atoms with Crippen molar-refractivity contribution in [3.8, 4) is 11.5 Å². The maximum Gasteiger partial charge on any atom is 0.422 e. The van der Waals surface area contributed by atoms with E-state index < -0.39 is 24.7 Å². The van der Waals surface area contributed by atoms with Crippen molar-refractivity contribution < 1.29 is 37.3 Å². The lowest BCUT2D eigenvalue weighted by Gasteiger charge is -2.18. The zero-order valence-electron chi connectivity index (χ0n) is 17.9. The van der Waals surface area contributed by atoms with Gasteiger partial charge in [-0.05, 0) is 24.6 Å². The third-order valence-corrected chi connectivity index (χ3v) is 5.62. The van der Waals surface area contributed by atoms with Crippen LogP contribution < -0.4 is 14.4 Å². The van der Waals surface area contributed by atoms with Gasteiger partial charge in [0.2, 0.25) is 0 Å². The first-order valence-corrected chi connectivity index (χ1v) is 10.7. The Kier molecular flexibility index (Phi) is 6.31. The zero-order valence-corrected chi connectivity index (χ0v) is 18.7. The molecule has 0 atom stereocenters. The molecule has 1 aliphatic rings. The van der Waals surface area contributed by atoms with Gasteiger partial charge in [-0.15, -0.1) is 0 Å². The van der Waals surface area contributed by atoms with E-state index in [4.69, 9.17) is 26.2 Å². The van der Waals surface area contributed by atoms with E-state index >= 15 is 0 Å². The molecule has 3 aromatic carbocycles. The lowest BCUT2D eigenvalue weighted by Crippen LogP contribution is -2.23. The number of halogens is 4. The molecule has 6 nitrogen and oxygen atoms in total. The van der Waals surface area contributed by atoms with Crippen molar-refractivity contribution in [1.29, 1.82) is 0 Å². The fourth-order valence-electron chi connectivity index (χ4n) is 4.03. The van der Waals surface area contributed by atoms with Crippen LogP contribution in [0.5, 0.6) is 11.5 Å². The minimum absolute atomic E-state index is 0.0409. The summed E-state index contributed by atoms with van der Waals surface area (Å²) < 4.78 is 50.0. The van der Waals surface area contributed by atoms with Crippen molar-refractivity contribution in [2.75, 3.05) is 18.1 Å². The molecule has 4 rings (SSSR count). The smallest absolute Gasteiger partial charge is 0.422 e. The predicted molar refractivity (Wildman–Crippen MR) is 120 cm³/mol. The fraction of sp³-hybridized carbons (Fsp3) is 0.250. The van der Waals surface area contributed by atoms with E-state index in [1.54, 1.807) is 31.2 Å². The van der Waals surface area contributed by atoms with Crippen LogP contribution in [0.25, 0.3) is 10.8 Å². The summed E-state index contributed by atoms with van der Waals surface area (Å²) in [7, 11) is 0. The first-order chi connectivity index (χ1) is 16.1. The second-order valence-electron chi connectivity index (χ2n) is 7.64. The first-order valence-electron chi connectivity index (χ1n) is 10.3. The number of carboxylic acid groups (broad SMARTS) is 1. The molecule has 0 fully saturated rings. The van der Waals surface area contributed by atoms with E-state index in [0.29, 0.717) is 22.0 Å². The number of carboxylic acids is 1. The molecule has 3 aromatic rings. The summed E-state index contributed by atoms with van der Waals surface area (Å²) in [5.74, 6) is -1.32. The molecule has 178 valence electrons. The summed E-state index contributed by atoms with van der Waals surface area (Å²) in [5, 5.41) is 9.99. The lowest BCUT2D eigenvalue weighted by molar-refractivity contribution is -0.153. The summed E-state index contributed by atoms with van der Waals surface area (Å²) >= 11 is 6.37. The Labute approximate surface area is 197 Å². The fourth-order valence-corrected chi connectivity index (χ4v) is 4.34. The average molecular weight is 494 g/mol. The first kappa shape index (κ1) is 23.7. The van der Waals surface area contributed by atoms with E-state index in [1.165, 1.54) is 23.1 Å². The number of anilines is 1. The molecule has 0 aromatic heterocycles. The maximum absolute atomic E-state index is 13.5. The summed E-state index contributed by atoms with van der Waals surface area (Å²) in [5.41, 5.74) is 1.12. The zero-order chi connectivity index (χ0) is 24.6.